The molecule has 0 unspecified atom stereocenters. The van der Waals surface area contributed by atoms with E-state index in [1.54, 1.807) is 24.3 Å². The Kier molecular flexibility index (Phi) is 6.50. The Hall–Kier alpha value is -3.33. The molecule has 1 aliphatic rings. The van der Waals surface area contributed by atoms with Crippen LogP contribution in [0.4, 0.5) is 11.4 Å². The summed E-state index contributed by atoms with van der Waals surface area (Å²) in [5.74, 6) is -1.12. The maximum Gasteiger partial charge on any atom is 0.338 e. The van der Waals surface area contributed by atoms with Gasteiger partial charge in [0.15, 0.2) is 6.61 Å². The number of carbonyl (C=O) groups excluding carboxylic acids is 4. The molecule has 8 nitrogen and oxygen atoms in total. The lowest BCUT2D eigenvalue weighted by Crippen LogP contribution is -2.21. The van der Waals surface area contributed by atoms with E-state index in [-0.39, 0.29) is 11.5 Å². The van der Waals surface area contributed by atoms with Gasteiger partial charge in [-0.3, -0.25) is 9.59 Å². The predicted octanol–water partition coefficient (Wildman–Crippen LogP) is 2.70. The number of hydrogen-bond donors (Lipinski definition) is 2. The summed E-state index contributed by atoms with van der Waals surface area (Å²) in [5, 5.41) is 5.32. The van der Waals surface area contributed by atoms with Gasteiger partial charge < -0.3 is 20.1 Å². The Morgan fingerprint density at radius 1 is 1.07 bits per heavy atom. The second-order valence-electron chi connectivity index (χ2n) is 6.05. The average molecular weight is 414 g/mol. The minimum absolute atomic E-state index is 0.112. The van der Waals surface area contributed by atoms with Crippen molar-refractivity contribution in [2.75, 3.05) is 30.1 Å². The molecular formula is C20H18N2O6S. The van der Waals surface area contributed by atoms with Crippen LogP contribution in [0.15, 0.2) is 47.4 Å². The van der Waals surface area contributed by atoms with Crippen LogP contribution in [-0.4, -0.2) is 43.2 Å². The topological polar surface area (TPSA) is 111 Å². The van der Waals surface area contributed by atoms with E-state index in [1.165, 1.54) is 37.1 Å². The zero-order valence-corrected chi connectivity index (χ0v) is 16.3. The smallest absolute Gasteiger partial charge is 0.338 e. The molecule has 9 heteroatoms. The van der Waals surface area contributed by atoms with Gasteiger partial charge in [0.2, 0.25) is 5.91 Å². The molecule has 0 saturated heterocycles. The second-order valence-corrected chi connectivity index (χ2v) is 7.19. The number of rotatable bonds is 5. The molecule has 0 bridgehead atoms. The van der Waals surface area contributed by atoms with Crippen LogP contribution in [0.3, 0.4) is 0 Å². The van der Waals surface area contributed by atoms with Crippen molar-refractivity contribution in [1.29, 1.82) is 0 Å². The van der Waals surface area contributed by atoms with E-state index >= 15 is 0 Å². The van der Waals surface area contributed by atoms with E-state index in [0.29, 0.717) is 29.1 Å². The zero-order chi connectivity index (χ0) is 20.8. The van der Waals surface area contributed by atoms with Gasteiger partial charge in [-0.25, -0.2) is 9.59 Å². The number of methoxy groups -OCH3 is 1. The molecule has 2 N–H and O–H groups in total. The highest BCUT2D eigenvalue weighted by Crippen LogP contribution is 2.31. The third kappa shape index (κ3) is 5.35. The highest BCUT2D eigenvalue weighted by Gasteiger charge is 2.17. The van der Waals surface area contributed by atoms with Crippen LogP contribution in [0.5, 0.6) is 0 Å². The summed E-state index contributed by atoms with van der Waals surface area (Å²) < 4.78 is 9.65. The van der Waals surface area contributed by atoms with E-state index in [4.69, 9.17) is 4.74 Å². The lowest BCUT2D eigenvalue weighted by molar-refractivity contribution is -0.119. The van der Waals surface area contributed by atoms with E-state index in [2.05, 4.69) is 15.4 Å². The number of esters is 2. The molecule has 0 spiro atoms. The highest BCUT2D eigenvalue weighted by atomic mass is 32.2. The van der Waals surface area contributed by atoms with Gasteiger partial charge in [-0.05, 0) is 42.5 Å². The summed E-state index contributed by atoms with van der Waals surface area (Å²) >= 11 is 1.53. The molecule has 2 aromatic rings. The molecule has 0 aromatic heterocycles. The average Bonchev–Trinajstić information content (AvgIpc) is 2.91. The van der Waals surface area contributed by atoms with Gasteiger partial charge in [-0.2, -0.15) is 0 Å². The lowest BCUT2D eigenvalue weighted by atomic mass is 10.2. The molecule has 0 saturated carbocycles. The van der Waals surface area contributed by atoms with Crippen molar-refractivity contribution in [1.82, 2.24) is 0 Å². The van der Waals surface area contributed by atoms with Crippen molar-refractivity contribution in [3.63, 3.8) is 0 Å². The maximum atomic E-state index is 12.2. The number of fused-ring (bicyclic) bond motifs is 1. The number of carbonyl (C=O) groups is 4. The number of anilines is 2. The number of thioether (sulfide) groups is 1. The highest BCUT2D eigenvalue weighted by molar-refractivity contribution is 7.99. The monoisotopic (exact) mass is 414 g/mol. The van der Waals surface area contributed by atoms with Crippen LogP contribution in [0, 0.1) is 0 Å². The van der Waals surface area contributed by atoms with Gasteiger partial charge in [-0.1, -0.05) is 0 Å². The Balaban J connectivity index is 1.55. The van der Waals surface area contributed by atoms with Crippen molar-refractivity contribution >= 4 is 46.9 Å². The standard InChI is InChI=1S/C20H18N2O6S/c1-27-19(25)12-2-5-14(6-3-12)21-18(24)11-28-20(26)13-4-7-16-15(10-13)22-17(23)8-9-29-16/h2-7,10H,8-9,11H2,1H3,(H,21,24)(H,22,23). The molecule has 0 fully saturated rings. The molecule has 3 rings (SSSR count). The third-order valence-electron chi connectivity index (χ3n) is 4.00. The van der Waals surface area contributed by atoms with Crippen LogP contribution in [0.2, 0.25) is 0 Å². The number of amides is 2. The summed E-state index contributed by atoms with van der Waals surface area (Å²) in [5.41, 5.74) is 1.60. The molecule has 150 valence electrons. The van der Waals surface area contributed by atoms with Gasteiger partial charge in [-0.15, -0.1) is 11.8 Å². The molecule has 0 atom stereocenters. The fourth-order valence-corrected chi connectivity index (χ4v) is 3.50. The fourth-order valence-electron chi connectivity index (χ4n) is 2.57. The van der Waals surface area contributed by atoms with Crippen LogP contribution in [-0.2, 0) is 19.1 Å². The molecule has 29 heavy (non-hydrogen) atoms. The molecule has 2 amide bonds. The van der Waals surface area contributed by atoms with Gasteiger partial charge in [0.05, 0.1) is 23.9 Å². The van der Waals surface area contributed by atoms with Gasteiger partial charge in [0.1, 0.15) is 0 Å². The number of benzene rings is 2. The molecule has 1 aliphatic heterocycles. The summed E-state index contributed by atoms with van der Waals surface area (Å²) in [6.07, 6.45) is 0.403. The van der Waals surface area contributed by atoms with Gasteiger partial charge in [0, 0.05) is 22.8 Å². The first-order valence-electron chi connectivity index (χ1n) is 8.68. The van der Waals surface area contributed by atoms with Crippen molar-refractivity contribution < 1.29 is 28.7 Å². The number of nitrogens with one attached hydrogen (secondary N) is 2. The molecule has 0 aliphatic carbocycles. The van der Waals surface area contributed by atoms with E-state index in [1.807, 2.05) is 0 Å². The Morgan fingerprint density at radius 2 is 1.79 bits per heavy atom. The quantitative estimate of drug-likeness (QED) is 0.724. The van der Waals surface area contributed by atoms with Crippen molar-refractivity contribution in [2.45, 2.75) is 11.3 Å². The Labute approximate surface area is 170 Å². The van der Waals surface area contributed by atoms with Crippen LogP contribution in [0.1, 0.15) is 27.1 Å². The summed E-state index contributed by atoms with van der Waals surface area (Å²) in [6, 6.07) is 11.0. The van der Waals surface area contributed by atoms with E-state index < -0.39 is 24.5 Å². The Bertz CT molecular complexity index is 958. The first kappa shape index (κ1) is 20.4. The number of ether oxygens (including phenoxy) is 2. The van der Waals surface area contributed by atoms with Gasteiger partial charge in [0.25, 0.3) is 5.91 Å². The van der Waals surface area contributed by atoms with Crippen molar-refractivity contribution in [2.24, 2.45) is 0 Å². The lowest BCUT2D eigenvalue weighted by Gasteiger charge is -2.10. The summed E-state index contributed by atoms with van der Waals surface area (Å²) in [4.78, 5) is 48.2. The normalized spacial score (nSPS) is 12.8. The first-order valence-corrected chi connectivity index (χ1v) is 9.67. The second kappa shape index (κ2) is 9.24. The third-order valence-corrected chi connectivity index (χ3v) is 5.08. The van der Waals surface area contributed by atoms with Crippen molar-refractivity contribution in [3.8, 4) is 0 Å². The summed E-state index contributed by atoms with van der Waals surface area (Å²) in [7, 11) is 1.28. The molecular weight excluding hydrogens is 396 g/mol. The minimum atomic E-state index is -0.674. The summed E-state index contributed by atoms with van der Waals surface area (Å²) in [6.45, 7) is -0.476. The maximum absolute atomic E-state index is 12.2. The Morgan fingerprint density at radius 3 is 2.52 bits per heavy atom. The molecule has 1 heterocycles. The fraction of sp³-hybridized carbons (Fsp3) is 0.200. The minimum Gasteiger partial charge on any atom is -0.465 e. The predicted molar refractivity (Wildman–Crippen MR) is 107 cm³/mol. The SMILES string of the molecule is COC(=O)c1ccc(NC(=O)COC(=O)c2ccc3c(c2)NC(=O)CCS3)cc1. The van der Waals surface area contributed by atoms with Crippen molar-refractivity contribution in [3.05, 3.63) is 53.6 Å². The van der Waals surface area contributed by atoms with E-state index in [9.17, 15) is 19.2 Å². The van der Waals surface area contributed by atoms with E-state index in [0.717, 1.165) is 4.90 Å². The van der Waals surface area contributed by atoms with Gasteiger partial charge >= 0.3 is 11.9 Å². The van der Waals surface area contributed by atoms with Crippen LogP contribution >= 0.6 is 11.8 Å². The first-order chi connectivity index (χ1) is 14.0. The van der Waals surface area contributed by atoms with Crippen LogP contribution < -0.4 is 10.6 Å². The van der Waals surface area contributed by atoms with Crippen LogP contribution in [0.25, 0.3) is 0 Å². The largest absolute Gasteiger partial charge is 0.465 e. The molecule has 2 aromatic carbocycles. The number of hydrogen-bond acceptors (Lipinski definition) is 7. The molecule has 0 radical (unpaired) electrons. The zero-order valence-electron chi connectivity index (χ0n) is 15.5.